The van der Waals surface area contributed by atoms with E-state index >= 15 is 0 Å². The molecule has 136 valence electrons. The van der Waals surface area contributed by atoms with Crippen LogP contribution in [0.25, 0.3) is 0 Å². The Labute approximate surface area is 148 Å². The molecule has 0 aliphatic rings. The van der Waals surface area contributed by atoms with Crippen LogP contribution in [0.3, 0.4) is 0 Å². The predicted molar refractivity (Wildman–Crippen MR) is 91.4 cm³/mol. The molecule has 0 unspecified atom stereocenters. The minimum absolute atomic E-state index is 0.00764. The first-order valence-electron chi connectivity index (χ1n) is 7.57. The molecule has 26 heavy (non-hydrogen) atoms. The van der Waals surface area contributed by atoms with E-state index in [0.29, 0.717) is 11.3 Å². The van der Waals surface area contributed by atoms with Crippen molar-refractivity contribution < 1.29 is 28.2 Å². The Morgan fingerprint density at radius 2 is 1.69 bits per heavy atom. The van der Waals surface area contributed by atoms with Crippen LogP contribution in [0.4, 0.5) is 10.1 Å². The molecule has 1 atom stereocenters. The summed E-state index contributed by atoms with van der Waals surface area (Å²) >= 11 is 0. The third-order valence-corrected chi connectivity index (χ3v) is 3.48. The average Bonchev–Trinajstić information content (AvgIpc) is 2.61. The normalized spacial score (nSPS) is 11.3. The van der Waals surface area contributed by atoms with E-state index in [2.05, 4.69) is 5.32 Å². The number of primary amides is 1. The smallest absolute Gasteiger partial charge is 0.339 e. The topological polar surface area (TPSA) is 108 Å². The van der Waals surface area contributed by atoms with Crippen molar-refractivity contribution in [3.63, 3.8) is 0 Å². The van der Waals surface area contributed by atoms with Crippen molar-refractivity contribution in [1.82, 2.24) is 0 Å². The third kappa shape index (κ3) is 4.56. The molecular formula is C18H17FN2O5. The van der Waals surface area contributed by atoms with Gasteiger partial charge in [-0.2, -0.15) is 0 Å². The minimum atomic E-state index is -1.12. The number of benzene rings is 2. The lowest BCUT2D eigenvalue weighted by atomic mass is 10.2. The molecule has 2 amide bonds. The van der Waals surface area contributed by atoms with E-state index in [4.69, 9.17) is 15.2 Å². The second kappa shape index (κ2) is 8.11. The lowest BCUT2D eigenvalue weighted by Crippen LogP contribution is -2.30. The molecule has 0 heterocycles. The second-order valence-electron chi connectivity index (χ2n) is 5.33. The lowest BCUT2D eigenvalue weighted by molar-refractivity contribution is -0.123. The zero-order valence-electron chi connectivity index (χ0n) is 14.1. The van der Waals surface area contributed by atoms with E-state index in [1.165, 1.54) is 50.4 Å². The summed E-state index contributed by atoms with van der Waals surface area (Å²) < 4.78 is 23.4. The number of hydrogen-bond acceptors (Lipinski definition) is 5. The Hall–Kier alpha value is -3.42. The van der Waals surface area contributed by atoms with Crippen LogP contribution >= 0.6 is 0 Å². The largest absolute Gasteiger partial charge is 0.494 e. The number of esters is 1. The van der Waals surface area contributed by atoms with Gasteiger partial charge in [-0.15, -0.1) is 0 Å². The van der Waals surface area contributed by atoms with Crippen LogP contribution in [0.5, 0.6) is 5.75 Å². The number of amides is 2. The van der Waals surface area contributed by atoms with Crippen molar-refractivity contribution in [3.05, 3.63) is 59.4 Å². The minimum Gasteiger partial charge on any atom is -0.494 e. The fraction of sp³-hybridized carbons (Fsp3) is 0.167. The van der Waals surface area contributed by atoms with E-state index in [1.807, 2.05) is 0 Å². The van der Waals surface area contributed by atoms with Gasteiger partial charge in [0.25, 0.3) is 5.91 Å². The summed E-state index contributed by atoms with van der Waals surface area (Å²) in [5.41, 5.74) is 5.78. The molecule has 7 nitrogen and oxygen atoms in total. The number of hydrogen-bond donors (Lipinski definition) is 2. The molecular weight excluding hydrogens is 343 g/mol. The quantitative estimate of drug-likeness (QED) is 0.767. The van der Waals surface area contributed by atoms with Gasteiger partial charge in [0.2, 0.25) is 5.91 Å². The van der Waals surface area contributed by atoms with E-state index in [1.54, 1.807) is 0 Å². The molecule has 0 aliphatic carbocycles. The number of carbonyl (C=O) groups is 3. The van der Waals surface area contributed by atoms with E-state index in [-0.39, 0.29) is 11.3 Å². The molecule has 0 fully saturated rings. The molecule has 0 aromatic heterocycles. The van der Waals surface area contributed by atoms with E-state index < -0.39 is 29.7 Å². The SMILES string of the molecule is COc1ccc(C(=O)O[C@H](C)C(=O)Nc2ccc(C(N)=O)cc2)cc1F. The highest BCUT2D eigenvalue weighted by Gasteiger charge is 2.20. The summed E-state index contributed by atoms with van der Waals surface area (Å²) in [6, 6.07) is 9.48. The maximum absolute atomic E-state index is 13.6. The highest BCUT2D eigenvalue weighted by atomic mass is 19.1. The highest BCUT2D eigenvalue weighted by Crippen LogP contribution is 2.18. The number of nitrogens with one attached hydrogen (secondary N) is 1. The van der Waals surface area contributed by atoms with Crippen LogP contribution in [0, 0.1) is 5.82 Å². The van der Waals surface area contributed by atoms with Gasteiger partial charge in [0.1, 0.15) is 0 Å². The molecule has 3 N–H and O–H groups in total. The number of ether oxygens (including phenoxy) is 2. The number of nitrogens with two attached hydrogens (primary N) is 1. The number of carbonyl (C=O) groups excluding carboxylic acids is 3. The summed E-state index contributed by atoms with van der Waals surface area (Å²) in [5, 5.41) is 2.53. The van der Waals surface area contributed by atoms with Gasteiger partial charge in [0.05, 0.1) is 12.7 Å². The van der Waals surface area contributed by atoms with Crippen LogP contribution in [0.15, 0.2) is 42.5 Å². The van der Waals surface area contributed by atoms with Crippen molar-refractivity contribution in [2.75, 3.05) is 12.4 Å². The molecule has 0 bridgehead atoms. The Morgan fingerprint density at radius 1 is 1.08 bits per heavy atom. The summed E-state index contributed by atoms with van der Waals surface area (Å²) in [6.07, 6.45) is -1.12. The van der Waals surface area contributed by atoms with Crippen molar-refractivity contribution in [2.24, 2.45) is 5.73 Å². The molecule has 0 aliphatic heterocycles. The Kier molecular flexibility index (Phi) is 5.90. The predicted octanol–water partition coefficient (Wildman–Crippen LogP) is 2.12. The van der Waals surface area contributed by atoms with Crippen LogP contribution in [0.2, 0.25) is 0 Å². The Morgan fingerprint density at radius 3 is 2.23 bits per heavy atom. The van der Waals surface area contributed by atoms with Crippen LogP contribution in [0.1, 0.15) is 27.6 Å². The third-order valence-electron chi connectivity index (χ3n) is 3.48. The number of halogens is 1. The Bertz CT molecular complexity index is 836. The average molecular weight is 360 g/mol. The lowest BCUT2D eigenvalue weighted by Gasteiger charge is -2.14. The standard InChI is InChI=1S/C18H17FN2O5/c1-10(17(23)21-13-6-3-11(4-7-13)16(20)22)26-18(24)12-5-8-15(25-2)14(19)9-12/h3-10H,1-2H3,(H2,20,22)(H,21,23)/t10-/m1/s1. The van der Waals surface area contributed by atoms with Gasteiger partial charge in [0, 0.05) is 11.3 Å². The van der Waals surface area contributed by atoms with Gasteiger partial charge in [0.15, 0.2) is 17.7 Å². The fourth-order valence-corrected chi connectivity index (χ4v) is 2.04. The van der Waals surface area contributed by atoms with Crippen molar-refractivity contribution in [1.29, 1.82) is 0 Å². The molecule has 0 saturated carbocycles. The van der Waals surface area contributed by atoms with Crippen LogP contribution < -0.4 is 15.8 Å². The van der Waals surface area contributed by atoms with Crippen LogP contribution in [-0.4, -0.2) is 31.0 Å². The zero-order chi connectivity index (χ0) is 19.3. The second-order valence-corrected chi connectivity index (χ2v) is 5.33. The van der Waals surface area contributed by atoms with Crippen LogP contribution in [-0.2, 0) is 9.53 Å². The van der Waals surface area contributed by atoms with Gasteiger partial charge in [-0.05, 0) is 49.4 Å². The maximum Gasteiger partial charge on any atom is 0.339 e. The van der Waals surface area contributed by atoms with Gasteiger partial charge >= 0.3 is 5.97 Å². The molecule has 0 spiro atoms. The Balaban J connectivity index is 1.98. The van der Waals surface area contributed by atoms with Gasteiger partial charge in [-0.1, -0.05) is 0 Å². The van der Waals surface area contributed by atoms with Crippen molar-refractivity contribution in [3.8, 4) is 5.75 Å². The first-order chi connectivity index (χ1) is 12.3. The molecule has 2 aromatic carbocycles. The summed E-state index contributed by atoms with van der Waals surface area (Å²) in [6.45, 7) is 1.38. The highest BCUT2D eigenvalue weighted by molar-refractivity contribution is 5.98. The van der Waals surface area contributed by atoms with Gasteiger partial charge in [-0.25, -0.2) is 9.18 Å². The zero-order valence-corrected chi connectivity index (χ0v) is 14.1. The summed E-state index contributed by atoms with van der Waals surface area (Å²) in [4.78, 5) is 35.1. The van der Waals surface area contributed by atoms with E-state index in [0.717, 1.165) is 6.07 Å². The monoisotopic (exact) mass is 360 g/mol. The van der Waals surface area contributed by atoms with E-state index in [9.17, 15) is 18.8 Å². The molecule has 0 radical (unpaired) electrons. The molecule has 8 heteroatoms. The molecule has 2 rings (SSSR count). The number of anilines is 1. The first kappa shape index (κ1) is 18.9. The van der Waals surface area contributed by atoms with Gasteiger partial charge in [-0.3, -0.25) is 9.59 Å². The summed E-state index contributed by atoms with van der Waals surface area (Å²) in [7, 11) is 1.30. The summed E-state index contributed by atoms with van der Waals surface area (Å²) in [5.74, 6) is -2.74. The van der Waals surface area contributed by atoms with Gasteiger partial charge < -0.3 is 20.5 Å². The van der Waals surface area contributed by atoms with Crippen molar-refractivity contribution >= 4 is 23.5 Å². The number of rotatable bonds is 6. The molecule has 0 saturated heterocycles. The first-order valence-corrected chi connectivity index (χ1v) is 7.57. The number of methoxy groups -OCH3 is 1. The maximum atomic E-state index is 13.6. The fourth-order valence-electron chi connectivity index (χ4n) is 2.04. The van der Waals surface area contributed by atoms with Crippen molar-refractivity contribution in [2.45, 2.75) is 13.0 Å². The molecule has 2 aromatic rings.